The SMILES string of the molecule is c1ccc(-c2nc(-c3ccc4c(c3)oc3c(-c5cccc6c5sc5ccccc56)cccc34)nc(-c3ccc4sc5ccccc5c4c3)n2)cc1. The third kappa shape index (κ3) is 4.54. The molecule has 51 heavy (non-hydrogen) atoms. The van der Waals surface area contributed by atoms with Crippen molar-refractivity contribution in [2.24, 2.45) is 0 Å². The predicted molar refractivity (Wildman–Crippen MR) is 215 cm³/mol. The molecule has 11 aromatic rings. The van der Waals surface area contributed by atoms with E-state index >= 15 is 0 Å². The molecule has 6 heteroatoms. The van der Waals surface area contributed by atoms with Crippen LogP contribution in [0.3, 0.4) is 0 Å². The molecule has 0 aliphatic heterocycles. The second-order valence-corrected chi connectivity index (χ2v) is 14.9. The molecule has 0 aliphatic rings. The van der Waals surface area contributed by atoms with Crippen molar-refractivity contribution in [3.63, 3.8) is 0 Å². The largest absolute Gasteiger partial charge is 0.455 e. The van der Waals surface area contributed by atoms with Crippen LogP contribution in [0.2, 0.25) is 0 Å². The minimum absolute atomic E-state index is 0.603. The number of aromatic nitrogens is 3. The molecule has 0 saturated carbocycles. The predicted octanol–water partition coefficient (Wildman–Crippen LogP) is 13.2. The van der Waals surface area contributed by atoms with Crippen molar-refractivity contribution in [2.75, 3.05) is 0 Å². The Bertz CT molecular complexity index is 3160. The molecule has 7 aromatic carbocycles. The Morgan fingerprint density at radius 2 is 0.961 bits per heavy atom. The molecule has 0 atom stereocenters. The molecule has 0 unspecified atom stereocenters. The summed E-state index contributed by atoms with van der Waals surface area (Å²) in [5.41, 5.74) is 6.72. The average molecular weight is 688 g/mol. The molecule has 238 valence electrons. The standard InChI is InChI=1S/C45H25N3OS2/c1-2-10-26(11-3-1)43-46-44(27-21-23-40-36(24-27)31-13-5-6-18-38(31)50-40)48-45(47-43)28-20-22-29-32-14-8-15-33(41(32)49-37(29)25-28)35-17-9-16-34-30-12-4-7-19-39(30)51-42(34)35/h1-25H. The lowest BCUT2D eigenvalue weighted by molar-refractivity contribution is 0.670. The summed E-state index contributed by atoms with van der Waals surface area (Å²) in [5.74, 6) is 1.88. The third-order valence-electron chi connectivity index (χ3n) is 9.75. The topological polar surface area (TPSA) is 51.8 Å². The van der Waals surface area contributed by atoms with Gasteiger partial charge in [0.05, 0.1) is 0 Å². The van der Waals surface area contributed by atoms with Crippen LogP contribution in [0.15, 0.2) is 156 Å². The van der Waals surface area contributed by atoms with Gasteiger partial charge in [0.2, 0.25) is 0 Å². The van der Waals surface area contributed by atoms with Crippen LogP contribution in [0.4, 0.5) is 0 Å². The van der Waals surface area contributed by atoms with Gasteiger partial charge in [0.25, 0.3) is 0 Å². The van der Waals surface area contributed by atoms with Gasteiger partial charge in [0.1, 0.15) is 11.2 Å². The fourth-order valence-electron chi connectivity index (χ4n) is 7.32. The van der Waals surface area contributed by atoms with E-state index in [9.17, 15) is 0 Å². The third-order valence-corrected chi connectivity index (χ3v) is 12.1. The maximum Gasteiger partial charge on any atom is 0.164 e. The molecule has 0 saturated heterocycles. The summed E-state index contributed by atoms with van der Waals surface area (Å²) < 4.78 is 11.8. The molecule has 4 heterocycles. The number of hydrogen-bond donors (Lipinski definition) is 0. The van der Waals surface area contributed by atoms with Crippen molar-refractivity contribution < 1.29 is 4.42 Å². The molecule has 0 amide bonds. The van der Waals surface area contributed by atoms with E-state index in [1.807, 2.05) is 41.7 Å². The van der Waals surface area contributed by atoms with Crippen LogP contribution in [0.1, 0.15) is 0 Å². The normalized spacial score (nSPS) is 11.9. The number of para-hydroxylation sites is 1. The summed E-state index contributed by atoms with van der Waals surface area (Å²) in [4.78, 5) is 15.1. The molecular formula is C45H25N3OS2. The van der Waals surface area contributed by atoms with Gasteiger partial charge in [-0.2, -0.15) is 0 Å². The minimum Gasteiger partial charge on any atom is -0.455 e. The van der Waals surface area contributed by atoms with Gasteiger partial charge >= 0.3 is 0 Å². The van der Waals surface area contributed by atoms with Crippen molar-refractivity contribution in [3.8, 4) is 45.3 Å². The van der Waals surface area contributed by atoms with Crippen LogP contribution in [-0.2, 0) is 0 Å². The Morgan fingerprint density at radius 1 is 0.373 bits per heavy atom. The van der Waals surface area contributed by atoms with Gasteiger partial charge in [-0.05, 0) is 42.5 Å². The summed E-state index contributed by atoms with van der Waals surface area (Å²) >= 11 is 3.64. The van der Waals surface area contributed by atoms with E-state index in [2.05, 4.69) is 121 Å². The lowest BCUT2D eigenvalue weighted by Gasteiger charge is -2.08. The maximum atomic E-state index is 6.77. The zero-order valence-corrected chi connectivity index (χ0v) is 28.6. The summed E-state index contributed by atoms with van der Waals surface area (Å²) in [6, 6.07) is 53.1. The number of hydrogen-bond acceptors (Lipinski definition) is 6. The monoisotopic (exact) mass is 687 g/mol. The van der Waals surface area contributed by atoms with E-state index in [1.54, 1.807) is 11.3 Å². The zero-order valence-electron chi connectivity index (χ0n) is 27.0. The Morgan fingerprint density at radius 3 is 1.76 bits per heavy atom. The molecule has 0 N–H and O–H groups in total. The van der Waals surface area contributed by atoms with Crippen molar-refractivity contribution in [3.05, 3.63) is 152 Å². The first-order valence-electron chi connectivity index (χ1n) is 16.8. The molecule has 0 fully saturated rings. The van der Waals surface area contributed by atoms with Gasteiger partial charge in [0.15, 0.2) is 17.5 Å². The van der Waals surface area contributed by atoms with Crippen LogP contribution in [-0.4, -0.2) is 15.0 Å². The van der Waals surface area contributed by atoms with E-state index in [4.69, 9.17) is 19.4 Å². The fraction of sp³-hybridized carbons (Fsp3) is 0. The van der Waals surface area contributed by atoms with Crippen molar-refractivity contribution in [1.29, 1.82) is 0 Å². The highest BCUT2D eigenvalue weighted by Gasteiger charge is 2.19. The molecule has 0 bridgehead atoms. The number of rotatable bonds is 4. The number of thiophene rings is 2. The molecule has 0 radical (unpaired) electrons. The Labute approximate surface area is 299 Å². The van der Waals surface area contributed by atoms with Gasteiger partial charge in [-0.1, -0.05) is 109 Å². The summed E-state index contributed by atoms with van der Waals surface area (Å²) in [7, 11) is 0. The lowest BCUT2D eigenvalue weighted by atomic mass is 10.00. The lowest BCUT2D eigenvalue weighted by Crippen LogP contribution is -2.00. The second-order valence-electron chi connectivity index (χ2n) is 12.8. The zero-order chi connectivity index (χ0) is 33.5. The first kappa shape index (κ1) is 28.6. The van der Waals surface area contributed by atoms with E-state index in [0.717, 1.165) is 44.2 Å². The number of benzene rings is 7. The fourth-order valence-corrected chi connectivity index (χ4v) is 9.64. The quantitative estimate of drug-likeness (QED) is 0.185. The maximum absolute atomic E-state index is 6.77. The summed E-state index contributed by atoms with van der Waals surface area (Å²) in [6.07, 6.45) is 0. The van der Waals surface area contributed by atoms with Gasteiger partial charge in [0, 0.05) is 78.9 Å². The van der Waals surface area contributed by atoms with Crippen LogP contribution >= 0.6 is 22.7 Å². The van der Waals surface area contributed by atoms with Crippen LogP contribution in [0.25, 0.3) is 108 Å². The van der Waals surface area contributed by atoms with E-state index in [-0.39, 0.29) is 0 Å². The highest BCUT2D eigenvalue weighted by molar-refractivity contribution is 7.26. The second kappa shape index (κ2) is 11.2. The highest BCUT2D eigenvalue weighted by Crippen LogP contribution is 2.44. The first-order valence-corrected chi connectivity index (χ1v) is 18.5. The van der Waals surface area contributed by atoms with Gasteiger partial charge in [-0.3, -0.25) is 0 Å². The van der Waals surface area contributed by atoms with Gasteiger partial charge in [-0.25, -0.2) is 15.0 Å². The molecular weight excluding hydrogens is 663 g/mol. The van der Waals surface area contributed by atoms with Crippen LogP contribution < -0.4 is 0 Å². The van der Waals surface area contributed by atoms with Gasteiger partial charge in [-0.15, -0.1) is 22.7 Å². The number of fused-ring (bicyclic) bond motifs is 9. The Kier molecular flexibility index (Phi) is 6.26. The summed E-state index contributed by atoms with van der Waals surface area (Å²) in [5, 5.41) is 7.17. The molecule has 4 nitrogen and oxygen atoms in total. The van der Waals surface area contributed by atoms with Crippen LogP contribution in [0, 0.1) is 0 Å². The van der Waals surface area contributed by atoms with Crippen molar-refractivity contribution >= 4 is 85.0 Å². The smallest absolute Gasteiger partial charge is 0.164 e. The van der Waals surface area contributed by atoms with Crippen LogP contribution in [0.5, 0.6) is 0 Å². The first-order chi connectivity index (χ1) is 25.2. The Hall–Kier alpha value is -6.21. The minimum atomic E-state index is 0.603. The van der Waals surface area contributed by atoms with Crippen molar-refractivity contribution in [2.45, 2.75) is 0 Å². The molecule has 0 spiro atoms. The van der Waals surface area contributed by atoms with E-state index in [1.165, 1.54) is 45.9 Å². The number of furan rings is 1. The van der Waals surface area contributed by atoms with Gasteiger partial charge < -0.3 is 4.42 Å². The average Bonchev–Trinajstić information content (AvgIpc) is 3.89. The Balaban J connectivity index is 1.08. The van der Waals surface area contributed by atoms with E-state index in [0.29, 0.717) is 17.5 Å². The summed E-state index contributed by atoms with van der Waals surface area (Å²) in [6.45, 7) is 0. The molecule has 11 rings (SSSR count). The number of nitrogens with zero attached hydrogens (tertiary/aromatic N) is 3. The highest BCUT2D eigenvalue weighted by atomic mass is 32.1. The molecule has 0 aliphatic carbocycles. The van der Waals surface area contributed by atoms with Crippen molar-refractivity contribution in [1.82, 2.24) is 15.0 Å². The molecule has 4 aromatic heterocycles. The van der Waals surface area contributed by atoms with E-state index < -0.39 is 0 Å².